The van der Waals surface area contributed by atoms with E-state index in [1.54, 1.807) is 58.2 Å². The second-order valence-electron chi connectivity index (χ2n) is 10.4. The minimum atomic E-state index is -0.785. The molecule has 2 fully saturated rings. The van der Waals surface area contributed by atoms with Crippen molar-refractivity contribution in [3.05, 3.63) is 95.6 Å². The van der Waals surface area contributed by atoms with Gasteiger partial charge in [0, 0.05) is 26.6 Å². The van der Waals surface area contributed by atoms with E-state index in [2.05, 4.69) is 5.32 Å². The van der Waals surface area contributed by atoms with E-state index in [0.717, 1.165) is 22.4 Å². The number of aromatic hydroxyl groups is 1. The number of rotatable bonds is 8. The van der Waals surface area contributed by atoms with E-state index in [4.69, 9.17) is 4.74 Å². The average Bonchev–Trinajstić information content (AvgIpc) is 2.98. The predicted octanol–water partition coefficient (Wildman–Crippen LogP) is 2.62. The number of fused-ring (bicyclic) bond motifs is 1. The van der Waals surface area contributed by atoms with Crippen LogP contribution in [-0.2, 0) is 29.0 Å². The Bertz CT molecular complexity index is 1370. The molecule has 10 nitrogen and oxygen atoms in total. The van der Waals surface area contributed by atoms with Gasteiger partial charge in [0.2, 0.25) is 11.8 Å². The molecule has 2 N–H and O–H groups in total. The van der Waals surface area contributed by atoms with E-state index in [-0.39, 0.29) is 43.1 Å². The van der Waals surface area contributed by atoms with Crippen LogP contribution in [-0.4, -0.2) is 88.8 Å². The molecule has 214 valence electrons. The van der Waals surface area contributed by atoms with Crippen LogP contribution in [0.1, 0.15) is 16.7 Å². The van der Waals surface area contributed by atoms with Gasteiger partial charge in [-0.3, -0.25) is 9.59 Å². The number of hydrazine groups is 1. The highest BCUT2D eigenvalue weighted by atomic mass is 16.5. The summed E-state index contributed by atoms with van der Waals surface area (Å²) < 4.78 is 5.21. The predicted molar refractivity (Wildman–Crippen MR) is 153 cm³/mol. The zero-order valence-corrected chi connectivity index (χ0v) is 23.3. The Morgan fingerprint density at radius 2 is 1.63 bits per heavy atom. The number of carbonyl (C=O) groups is 3. The van der Waals surface area contributed by atoms with Gasteiger partial charge in [-0.05, 0) is 47.4 Å². The first-order chi connectivity index (χ1) is 19.8. The van der Waals surface area contributed by atoms with E-state index in [9.17, 15) is 19.5 Å². The molecule has 3 aromatic carbocycles. The number of carbonyl (C=O) groups excluding carboxylic acids is 3. The SMILES string of the molecule is COc1ccc(CNC(=O)N2[C@H]3CN(CCc4ccccc4)C(=O)[C@H](Cc4ccc(O)cc4)N3C(=O)CN2C)cc1. The van der Waals surface area contributed by atoms with Crippen LogP contribution in [0.25, 0.3) is 0 Å². The lowest BCUT2D eigenvalue weighted by atomic mass is 9.98. The van der Waals surface area contributed by atoms with Crippen LogP contribution in [0.2, 0.25) is 0 Å². The summed E-state index contributed by atoms with van der Waals surface area (Å²) in [6.45, 7) is 0.916. The summed E-state index contributed by atoms with van der Waals surface area (Å²) in [6.07, 6.45) is 0.250. The first-order valence-corrected chi connectivity index (χ1v) is 13.7. The lowest BCUT2D eigenvalue weighted by Crippen LogP contribution is -2.76. The van der Waals surface area contributed by atoms with Gasteiger partial charge in [-0.25, -0.2) is 14.8 Å². The number of benzene rings is 3. The second kappa shape index (κ2) is 12.3. The molecule has 41 heavy (non-hydrogen) atoms. The van der Waals surface area contributed by atoms with Gasteiger partial charge < -0.3 is 25.0 Å². The summed E-state index contributed by atoms with van der Waals surface area (Å²) in [4.78, 5) is 44.3. The number of phenols is 1. The lowest BCUT2D eigenvalue weighted by Gasteiger charge is -2.54. The van der Waals surface area contributed by atoms with Gasteiger partial charge in [0.25, 0.3) is 0 Å². The number of amides is 4. The molecule has 0 radical (unpaired) electrons. The van der Waals surface area contributed by atoms with Gasteiger partial charge in [-0.1, -0.05) is 54.6 Å². The van der Waals surface area contributed by atoms with Crippen molar-refractivity contribution in [2.24, 2.45) is 0 Å². The molecule has 0 unspecified atom stereocenters. The van der Waals surface area contributed by atoms with Crippen molar-refractivity contribution in [1.82, 2.24) is 25.1 Å². The molecule has 2 heterocycles. The molecule has 2 atom stereocenters. The van der Waals surface area contributed by atoms with Gasteiger partial charge in [-0.15, -0.1) is 0 Å². The van der Waals surface area contributed by atoms with Gasteiger partial charge in [0.1, 0.15) is 23.7 Å². The van der Waals surface area contributed by atoms with Crippen LogP contribution >= 0.6 is 0 Å². The van der Waals surface area contributed by atoms with Crippen molar-refractivity contribution in [3.63, 3.8) is 0 Å². The van der Waals surface area contributed by atoms with Crippen LogP contribution in [0, 0.1) is 0 Å². The summed E-state index contributed by atoms with van der Waals surface area (Å²) in [5, 5.41) is 15.9. The largest absolute Gasteiger partial charge is 0.508 e. The third-order valence-electron chi connectivity index (χ3n) is 7.63. The van der Waals surface area contributed by atoms with Gasteiger partial charge >= 0.3 is 6.03 Å². The van der Waals surface area contributed by atoms with E-state index < -0.39 is 12.2 Å². The fraction of sp³-hybridized carbons (Fsp3) is 0.323. The molecule has 10 heteroatoms. The maximum absolute atomic E-state index is 13.9. The number of urea groups is 1. The number of ether oxygens (including phenoxy) is 1. The van der Waals surface area contributed by atoms with Crippen molar-refractivity contribution in [3.8, 4) is 11.5 Å². The Kier molecular flexibility index (Phi) is 8.39. The van der Waals surface area contributed by atoms with Crippen LogP contribution in [0.15, 0.2) is 78.9 Å². The Morgan fingerprint density at radius 3 is 2.32 bits per heavy atom. The summed E-state index contributed by atoms with van der Waals surface area (Å²) in [5.41, 5.74) is 2.82. The summed E-state index contributed by atoms with van der Waals surface area (Å²) in [5.74, 6) is 0.492. The number of methoxy groups -OCH3 is 1. The molecule has 0 aliphatic carbocycles. The van der Waals surface area contributed by atoms with E-state index in [0.29, 0.717) is 19.5 Å². The van der Waals surface area contributed by atoms with Gasteiger partial charge in [0.05, 0.1) is 20.2 Å². The Balaban J connectivity index is 1.40. The van der Waals surface area contributed by atoms with Crippen LogP contribution in [0.4, 0.5) is 4.79 Å². The summed E-state index contributed by atoms with van der Waals surface area (Å²) in [7, 11) is 3.31. The zero-order valence-electron chi connectivity index (χ0n) is 23.3. The molecule has 2 aliphatic heterocycles. The highest BCUT2D eigenvalue weighted by Crippen LogP contribution is 2.28. The molecule has 3 aromatic rings. The molecule has 5 rings (SSSR count). The monoisotopic (exact) mass is 557 g/mol. The number of piperazine rings is 1. The maximum atomic E-state index is 13.9. The average molecular weight is 558 g/mol. The molecular weight excluding hydrogens is 522 g/mol. The third-order valence-corrected chi connectivity index (χ3v) is 7.63. The third kappa shape index (κ3) is 6.28. The first-order valence-electron chi connectivity index (χ1n) is 13.7. The zero-order chi connectivity index (χ0) is 28.9. The molecular formula is C31H35N5O5. The van der Waals surface area contributed by atoms with Crippen LogP contribution < -0.4 is 10.1 Å². The summed E-state index contributed by atoms with van der Waals surface area (Å²) in [6, 6.07) is 22.8. The Morgan fingerprint density at radius 1 is 0.951 bits per heavy atom. The molecule has 4 amide bonds. The fourth-order valence-corrected chi connectivity index (χ4v) is 5.47. The minimum absolute atomic E-state index is 0.0319. The highest BCUT2D eigenvalue weighted by Gasteiger charge is 2.50. The quantitative estimate of drug-likeness (QED) is 0.441. The number of hydrogen-bond acceptors (Lipinski definition) is 6. The number of nitrogens with one attached hydrogen (secondary N) is 1. The number of nitrogens with zero attached hydrogens (tertiary/aromatic N) is 4. The Hall–Kier alpha value is -4.57. The molecule has 0 saturated carbocycles. The first kappa shape index (κ1) is 28.0. The van der Waals surface area contributed by atoms with E-state index >= 15 is 0 Å². The van der Waals surface area contributed by atoms with E-state index in [1.165, 1.54) is 0 Å². The van der Waals surface area contributed by atoms with Crippen molar-refractivity contribution >= 4 is 17.8 Å². The number of phenolic OH excluding ortho intramolecular Hbond substituents is 1. The highest BCUT2D eigenvalue weighted by molar-refractivity contribution is 5.91. The molecule has 0 aromatic heterocycles. The molecule has 2 saturated heterocycles. The Labute approximate surface area is 239 Å². The van der Waals surface area contributed by atoms with Gasteiger partial charge in [0.15, 0.2) is 0 Å². The number of hydrogen-bond donors (Lipinski definition) is 2. The van der Waals surface area contributed by atoms with Crippen molar-refractivity contribution < 1.29 is 24.2 Å². The minimum Gasteiger partial charge on any atom is -0.508 e. The van der Waals surface area contributed by atoms with Crippen molar-refractivity contribution in [2.45, 2.75) is 31.6 Å². The normalized spacial score (nSPS) is 19.2. The van der Waals surface area contributed by atoms with Crippen molar-refractivity contribution in [1.29, 1.82) is 0 Å². The maximum Gasteiger partial charge on any atom is 0.334 e. The topological polar surface area (TPSA) is 106 Å². The molecule has 0 bridgehead atoms. The van der Waals surface area contributed by atoms with Gasteiger partial charge in [-0.2, -0.15) is 0 Å². The number of likely N-dealkylation sites (N-methyl/N-ethyl adjacent to an activating group) is 1. The fourth-order valence-electron chi connectivity index (χ4n) is 5.47. The second-order valence-corrected chi connectivity index (χ2v) is 10.4. The smallest absolute Gasteiger partial charge is 0.334 e. The van der Waals surface area contributed by atoms with Crippen molar-refractivity contribution in [2.75, 3.05) is 33.8 Å². The van der Waals surface area contributed by atoms with Crippen LogP contribution in [0.5, 0.6) is 11.5 Å². The standard InChI is InChI=1S/C31H35N5O5/c1-33-21-29(38)35-27(18-23-8-12-25(37)13-9-23)30(39)34(17-16-22-6-4-3-5-7-22)20-28(35)36(33)31(40)32-19-24-10-14-26(41-2)15-11-24/h3-15,27-28,37H,16-21H2,1-2H3,(H,32,40)/t27-,28-/m0/s1. The summed E-state index contributed by atoms with van der Waals surface area (Å²) >= 11 is 0. The van der Waals surface area contributed by atoms with Crippen LogP contribution in [0.3, 0.4) is 0 Å². The lowest BCUT2D eigenvalue weighted by molar-refractivity contribution is -0.186. The van der Waals surface area contributed by atoms with E-state index in [1.807, 2.05) is 54.6 Å². The molecule has 2 aliphatic rings. The molecule has 0 spiro atoms.